The minimum absolute atomic E-state index is 0. The van der Waals surface area contributed by atoms with Gasteiger partial charge in [0.05, 0.1) is 12.7 Å². The van der Waals surface area contributed by atoms with Crippen molar-refractivity contribution in [2.24, 2.45) is 23.7 Å². The Labute approximate surface area is 171 Å². The maximum Gasteiger partial charge on any atom is 0.204 e. The molecule has 2 nitrogen and oxygen atoms in total. The Bertz CT molecular complexity index is 684. The van der Waals surface area contributed by atoms with E-state index in [9.17, 15) is 8.78 Å². The van der Waals surface area contributed by atoms with Gasteiger partial charge in [-0.15, -0.1) is 0 Å². The monoisotopic (exact) mass is 396 g/mol. The summed E-state index contributed by atoms with van der Waals surface area (Å²) in [6.45, 7) is 4.75. The standard InChI is InChI=1S/C24H34F2O2.2H2/c1-15-3-8-18(9-4-15)19-11-6-17(7-12-19)14-27-21-13-20-10-5-16(2)28-24(20)23(26)22(21)25;;/h13,15-19H,3-12,14H2,1-2H3;2*1H. The SMILES string of the molecule is CC1CCC(C2CCC(COc3cc4c(c(F)c3F)OC(C)CC4)CC2)CC1.[HH].[HH]. The predicted molar refractivity (Wildman–Crippen MR) is 111 cm³/mol. The average molecular weight is 397 g/mol. The Morgan fingerprint density at radius 2 is 1.57 bits per heavy atom. The Kier molecular flexibility index (Phi) is 6.13. The third-order valence-corrected chi connectivity index (χ3v) is 7.44. The lowest BCUT2D eigenvalue weighted by atomic mass is 9.69. The summed E-state index contributed by atoms with van der Waals surface area (Å²) in [6.07, 6.45) is 11.8. The molecule has 1 aromatic carbocycles. The van der Waals surface area contributed by atoms with Gasteiger partial charge in [-0.2, -0.15) is 8.78 Å². The van der Waals surface area contributed by atoms with E-state index in [1.807, 2.05) is 6.92 Å². The summed E-state index contributed by atoms with van der Waals surface area (Å²) in [5.41, 5.74) is 0.724. The molecule has 0 spiro atoms. The van der Waals surface area contributed by atoms with E-state index in [1.54, 1.807) is 6.07 Å². The molecule has 0 saturated heterocycles. The van der Waals surface area contributed by atoms with Gasteiger partial charge in [0, 0.05) is 8.42 Å². The van der Waals surface area contributed by atoms with Gasteiger partial charge in [-0.1, -0.05) is 19.8 Å². The van der Waals surface area contributed by atoms with Crippen LogP contribution in [0.15, 0.2) is 6.07 Å². The van der Waals surface area contributed by atoms with Gasteiger partial charge < -0.3 is 9.47 Å². The molecule has 4 rings (SSSR count). The van der Waals surface area contributed by atoms with E-state index < -0.39 is 11.6 Å². The van der Waals surface area contributed by atoms with Crippen LogP contribution >= 0.6 is 0 Å². The Morgan fingerprint density at radius 1 is 0.929 bits per heavy atom. The van der Waals surface area contributed by atoms with Crippen LogP contribution in [0.3, 0.4) is 0 Å². The molecule has 1 heterocycles. The highest BCUT2D eigenvalue weighted by atomic mass is 19.2. The molecule has 2 saturated carbocycles. The first-order valence-corrected chi connectivity index (χ1v) is 11.3. The Balaban J connectivity index is 0.00000160. The van der Waals surface area contributed by atoms with Crippen molar-refractivity contribution in [2.75, 3.05) is 6.61 Å². The Morgan fingerprint density at radius 3 is 2.25 bits per heavy atom. The summed E-state index contributed by atoms with van der Waals surface area (Å²) in [5, 5.41) is 0. The van der Waals surface area contributed by atoms with Gasteiger partial charge in [0.1, 0.15) is 0 Å². The smallest absolute Gasteiger partial charge is 0.204 e. The van der Waals surface area contributed by atoms with E-state index in [4.69, 9.17) is 9.47 Å². The van der Waals surface area contributed by atoms with E-state index in [0.717, 1.165) is 42.6 Å². The summed E-state index contributed by atoms with van der Waals surface area (Å²) >= 11 is 0. The molecule has 2 aliphatic carbocycles. The number of benzene rings is 1. The highest BCUT2D eigenvalue weighted by Crippen LogP contribution is 2.42. The highest BCUT2D eigenvalue weighted by molar-refractivity contribution is 5.44. The summed E-state index contributed by atoms with van der Waals surface area (Å²) in [7, 11) is 0. The molecule has 1 unspecified atom stereocenters. The van der Waals surface area contributed by atoms with Crippen LogP contribution in [0.1, 0.15) is 80.1 Å². The molecule has 4 heteroatoms. The molecule has 0 amide bonds. The van der Waals surface area contributed by atoms with Gasteiger partial charge in [-0.05, 0) is 88.0 Å². The number of hydrogen-bond acceptors (Lipinski definition) is 2. The number of ether oxygens (including phenoxy) is 2. The third kappa shape index (κ3) is 4.31. The quantitative estimate of drug-likeness (QED) is 0.536. The van der Waals surface area contributed by atoms with Crippen molar-refractivity contribution in [1.82, 2.24) is 0 Å². The average Bonchev–Trinajstić information content (AvgIpc) is 2.71. The van der Waals surface area contributed by atoms with Crippen molar-refractivity contribution >= 4 is 0 Å². The second kappa shape index (κ2) is 8.59. The lowest BCUT2D eigenvalue weighted by Crippen LogP contribution is -2.27. The zero-order chi connectivity index (χ0) is 19.7. The second-order valence-corrected chi connectivity index (χ2v) is 9.57. The minimum Gasteiger partial charge on any atom is -0.490 e. The fourth-order valence-corrected chi connectivity index (χ4v) is 5.46. The number of halogens is 2. The highest BCUT2D eigenvalue weighted by Gasteiger charge is 2.31. The van der Waals surface area contributed by atoms with Gasteiger partial charge in [-0.25, -0.2) is 0 Å². The molecule has 1 aliphatic heterocycles. The first-order chi connectivity index (χ1) is 13.5. The Hall–Kier alpha value is -1.32. The van der Waals surface area contributed by atoms with Gasteiger partial charge in [0.25, 0.3) is 0 Å². The molecule has 0 radical (unpaired) electrons. The lowest BCUT2D eigenvalue weighted by molar-refractivity contribution is 0.123. The lowest BCUT2D eigenvalue weighted by Gasteiger charge is -2.37. The third-order valence-electron chi connectivity index (χ3n) is 7.44. The van der Waals surface area contributed by atoms with Gasteiger partial charge >= 0.3 is 0 Å². The summed E-state index contributed by atoms with van der Waals surface area (Å²) in [4.78, 5) is 0. The summed E-state index contributed by atoms with van der Waals surface area (Å²) in [5.74, 6) is 1.46. The maximum atomic E-state index is 14.4. The first-order valence-electron chi connectivity index (χ1n) is 11.3. The van der Waals surface area contributed by atoms with Crippen LogP contribution < -0.4 is 9.47 Å². The molecule has 0 N–H and O–H groups in total. The van der Waals surface area contributed by atoms with Crippen molar-refractivity contribution in [2.45, 2.75) is 84.2 Å². The fourth-order valence-electron chi connectivity index (χ4n) is 5.46. The van der Waals surface area contributed by atoms with Gasteiger partial charge in [0.15, 0.2) is 11.5 Å². The molecule has 160 valence electrons. The van der Waals surface area contributed by atoms with Crippen molar-refractivity contribution < 1.29 is 21.1 Å². The molecule has 0 bridgehead atoms. The van der Waals surface area contributed by atoms with Crippen LogP contribution in [-0.4, -0.2) is 12.7 Å². The topological polar surface area (TPSA) is 18.5 Å². The number of aryl methyl sites for hydroxylation is 1. The summed E-state index contributed by atoms with van der Waals surface area (Å²) < 4.78 is 40.1. The molecule has 1 atom stereocenters. The molecular weight excluding hydrogens is 358 g/mol. The number of hydrogen-bond donors (Lipinski definition) is 0. The van der Waals surface area contributed by atoms with Crippen LogP contribution in [0, 0.1) is 35.3 Å². The molecule has 0 aromatic heterocycles. The van der Waals surface area contributed by atoms with Gasteiger partial charge in [0.2, 0.25) is 11.6 Å². The van der Waals surface area contributed by atoms with E-state index in [2.05, 4.69) is 6.92 Å². The fraction of sp³-hybridized carbons (Fsp3) is 0.750. The van der Waals surface area contributed by atoms with Crippen LogP contribution in [0.25, 0.3) is 0 Å². The largest absolute Gasteiger partial charge is 0.490 e. The molecule has 2 fully saturated rings. The van der Waals surface area contributed by atoms with Crippen LogP contribution in [-0.2, 0) is 6.42 Å². The van der Waals surface area contributed by atoms with E-state index in [0.29, 0.717) is 18.9 Å². The molecular formula is C24H38F2O2. The van der Waals surface area contributed by atoms with Crippen molar-refractivity contribution in [3.8, 4) is 11.5 Å². The van der Waals surface area contributed by atoms with Crippen molar-refractivity contribution in [3.63, 3.8) is 0 Å². The van der Waals surface area contributed by atoms with Crippen molar-refractivity contribution in [3.05, 3.63) is 23.3 Å². The molecule has 1 aromatic rings. The first kappa shape index (κ1) is 20.0. The van der Waals surface area contributed by atoms with Crippen LogP contribution in [0.4, 0.5) is 8.78 Å². The van der Waals surface area contributed by atoms with E-state index >= 15 is 0 Å². The zero-order valence-corrected chi connectivity index (χ0v) is 17.3. The van der Waals surface area contributed by atoms with Gasteiger partial charge in [-0.3, -0.25) is 0 Å². The van der Waals surface area contributed by atoms with E-state index in [-0.39, 0.29) is 20.5 Å². The van der Waals surface area contributed by atoms with Crippen LogP contribution in [0.5, 0.6) is 11.5 Å². The molecule has 28 heavy (non-hydrogen) atoms. The second-order valence-electron chi connectivity index (χ2n) is 9.57. The number of rotatable bonds is 4. The maximum absolute atomic E-state index is 14.4. The minimum atomic E-state index is -0.905. The normalized spacial score (nSPS) is 33.1. The zero-order valence-electron chi connectivity index (χ0n) is 17.3. The number of fused-ring (bicyclic) bond motifs is 1. The summed E-state index contributed by atoms with van der Waals surface area (Å²) in [6, 6.07) is 1.65. The van der Waals surface area contributed by atoms with E-state index in [1.165, 1.54) is 38.5 Å². The van der Waals surface area contributed by atoms with Crippen molar-refractivity contribution in [1.29, 1.82) is 0 Å². The predicted octanol–water partition coefficient (Wildman–Crippen LogP) is 7.18. The molecule has 3 aliphatic rings. The van der Waals surface area contributed by atoms with Crippen LogP contribution in [0.2, 0.25) is 0 Å².